The predicted molar refractivity (Wildman–Crippen MR) is 126 cm³/mol. The van der Waals surface area contributed by atoms with E-state index in [1.54, 1.807) is 42.5 Å². The summed E-state index contributed by atoms with van der Waals surface area (Å²) in [6.07, 6.45) is 2.02. The lowest BCUT2D eigenvalue weighted by molar-refractivity contribution is -0.120. The van der Waals surface area contributed by atoms with E-state index < -0.39 is 11.8 Å². The quantitative estimate of drug-likeness (QED) is 0.639. The highest BCUT2D eigenvalue weighted by atomic mass is 35.5. The van der Waals surface area contributed by atoms with Crippen molar-refractivity contribution in [3.63, 3.8) is 0 Å². The van der Waals surface area contributed by atoms with Crippen LogP contribution in [0.2, 0.25) is 5.02 Å². The molecule has 0 aromatic heterocycles. The van der Waals surface area contributed by atoms with Gasteiger partial charge in [0.15, 0.2) is 0 Å². The van der Waals surface area contributed by atoms with Gasteiger partial charge in [-0.3, -0.25) is 14.4 Å². The Balaban J connectivity index is 1.48. The van der Waals surface area contributed by atoms with Crippen LogP contribution in [0.25, 0.3) is 0 Å². The molecule has 2 heterocycles. The minimum absolute atomic E-state index is 0.00440. The molecule has 166 valence electrons. The number of carbonyl (C=O) groups excluding carboxylic acids is 3. The molecule has 0 bridgehead atoms. The largest absolute Gasteiger partial charge is 0.350 e. The van der Waals surface area contributed by atoms with Gasteiger partial charge >= 0.3 is 0 Å². The highest BCUT2D eigenvalue weighted by Crippen LogP contribution is 2.32. The normalized spacial score (nSPS) is 17.4. The average molecular weight is 472 g/mol. The minimum atomic E-state index is -0.620. The van der Waals surface area contributed by atoms with Gasteiger partial charge in [-0.1, -0.05) is 36.2 Å². The van der Waals surface area contributed by atoms with Crippen molar-refractivity contribution in [3.8, 4) is 0 Å². The lowest BCUT2D eigenvalue weighted by Crippen LogP contribution is -2.37. The number of imide groups is 1. The number of nitrogens with zero attached hydrogens (tertiary/aromatic N) is 2. The van der Waals surface area contributed by atoms with Gasteiger partial charge in [0.25, 0.3) is 17.7 Å². The molecule has 1 fully saturated rings. The Morgan fingerprint density at radius 3 is 2.28 bits per heavy atom. The molecule has 1 saturated heterocycles. The maximum atomic E-state index is 12.9. The van der Waals surface area contributed by atoms with E-state index >= 15 is 0 Å². The second-order valence-corrected chi connectivity index (χ2v) is 9.03. The number of likely N-dealkylation sites (tertiary alicyclic amines) is 1. The number of hydrogen-bond donors (Lipinski definition) is 1. The van der Waals surface area contributed by atoms with E-state index in [4.69, 9.17) is 23.2 Å². The number of rotatable bonds is 4. The fraction of sp³-hybridized carbons (Fsp3) is 0.292. The van der Waals surface area contributed by atoms with E-state index in [1.807, 2.05) is 11.8 Å². The lowest BCUT2D eigenvalue weighted by atomic mass is 9.98. The molecule has 0 radical (unpaired) electrons. The van der Waals surface area contributed by atoms with Crippen molar-refractivity contribution in [2.24, 2.45) is 5.92 Å². The van der Waals surface area contributed by atoms with E-state index in [9.17, 15) is 14.4 Å². The molecule has 2 aromatic carbocycles. The van der Waals surface area contributed by atoms with E-state index in [0.717, 1.165) is 36.4 Å². The summed E-state index contributed by atoms with van der Waals surface area (Å²) in [6, 6.07) is 11.7. The number of piperidine rings is 1. The van der Waals surface area contributed by atoms with Crippen molar-refractivity contribution in [3.05, 3.63) is 69.3 Å². The molecule has 0 aliphatic carbocycles. The lowest BCUT2D eigenvalue weighted by Gasteiger charge is -2.30. The molecule has 4 rings (SSSR count). The van der Waals surface area contributed by atoms with Gasteiger partial charge in [-0.25, -0.2) is 4.90 Å². The number of anilines is 2. The van der Waals surface area contributed by atoms with Crippen LogP contribution in [-0.4, -0.2) is 35.7 Å². The number of carbonyl (C=O) groups is 3. The van der Waals surface area contributed by atoms with Gasteiger partial charge in [0, 0.05) is 29.4 Å². The fourth-order valence-corrected chi connectivity index (χ4v) is 4.19. The maximum absolute atomic E-state index is 12.9. The summed E-state index contributed by atoms with van der Waals surface area (Å²) in [5, 5.41) is 3.17. The first kappa shape index (κ1) is 22.4. The van der Waals surface area contributed by atoms with Gasteiger partial charge < -0.3 is 10.2 Å². The third-order valence-corrected chi connectivity index (χ3v) is 6.67. The molecule has 2 aliphatic heterocycles. The maximum Gasteiger partial charge on any atom is 0.283 e. The summed E-state index contributed by atoms with van der Waals surface area (Å²) in [5.74, 6) is -0.547. The van der Waals surface area contributed by atoms with Gasteiger partial charge in [0.1, 0.15) is 10.7 Å². The van der Waals surface area contributed by atoms with Crippen LogP contribution in [0.5, 0.6) is 0 Å². The Morgan fingerprint density at radius 2 is 1.66 bits per heavy atom. The number of nitrogens with one attached hydrogen (secondary N) is 1. The Kier molecular flexibility index (Phi) is 6.26. The van der Waals surface area contributed by atoms with E-state index in [2.05, 4.69) is 12.2 Å². The highest BCUT2D eigenvalue weighted by molar-refractivity contribution is 6.53. The van der Waals surface area contributed by atoms with Crippen molar-refractivity contribution >= 4 is 52.3 Å². The third-order valence-electron chi connectivity index (χ3n) is 5.91. The molecule has 2 aliphatic rings. The van der Waals surface area contributed by atoms with E-state index in [-0.39, 0.29) is 16.6 Å². The smallest absolute Gasteiger partial charge is 0.283 e. The molecule has 0 unspecified atom stereocenters. The molecule has 8 heteroatoms. The van der Waals surface area contributed by atoms with Crippen LogP contribution in [-0.2, 0) is 9.59 Å². The molecule has 0 saturated carbocycles. The third kappa shape index (κ3) is 4.25. The van der Waals surface area contributed by atoms with Gasteiger partial charge in [0.2, 0.25) is 0 Å². The summed E-state index contributed by atoms with van der Waals surface area (Å²) in [4.78, 5) is 41.1. The molecule has 0 spiro atoms. The monoisotopic (exact) mass is 471 g/mol. The summed E-state index contributed by atoms with van der Waals surface area (Å²) in [7, 11) is 0. The second-order valence-electron chi connectivity index (χ2n) is 8.25. The van der Waals surface area contributed by atoms with Crippen LogP contribution >= 0.6 is 23.2 Å². The van der Waals surface area contributed by atoms with Gasteiger partial charge in [-0.15, -0.1) is 0 Å². The second kappa shape index (κ2) is 8.96. The number of benzene rings is 2. The first-order chi connectivity index (χ1) is 15.3. The summed E-state index contributed by atoms with van der Waals surface area (Å²) < 4.78 is 0. The van der Waals surface area contributed by atoms with Crippen molar-refractivity contribution < 1.29 is 14.4 Å². The molecule has 6 nitrogen and oxygen atoms in total. The number of hydrogen-bond acceptors (Lipinski definition) is 4. The Hall–Kier alpha value is -2.83. The zero-order chi connectivity index (χ0) is 23.0. The van der Waals surface area contributed by atoms with Crippen LogP contribution in [0.3, 0.4) is 0 Å². The Morgan fingerprint density at radius 1 is 1.00 bits per heavy atom. The van der Waals surface area contributed by atoms with Gasteiger partial charge in [0.05, 0.1) is 5.69 Å². The number of amides is 3. The fourth-order valence-electron chi connectivity index (χ4n) is 3.80. The Labute approximate surface area is 196 Å². The SMILES string of the molecule is Cc1ccc(N2C(=O)C(Cl)=C(Nc3ccc(C(=O)N4CCC(C)CC4)cc3)C2=O)cc1Cl. The predicted octanol–water partition coefficient (Wildman–Crippen LogP) is 4.96. The molecule has 2 aromatic rings. The first-order valence-electron chi connectivity index (χ1n) is 10.5. The van der Waals surface area contributed by atoms with Crippen molar-refractivity contribution in [1.29, 1.82) is 0 Å². The van der Waals surface area contributed by atoms with Crippen LogP contribution in [0.4, 0.5) is 11.4 Å². The number of halogens is 2. The van der Waals surface area contributed by atoms with Gasteiger partial charge in [-0.05, 0) is 67.6 Å². The van der Waals surface area contributed by atoms with Crippen molar-refractivity contribution in [1.82, 2.24) is 4.90 Å². The Bertz CT molecular complexity index is 1120. The zero-order valence-corrected chi connectivity index (χ0v) is 19.3. The standard InChI is InChI=1S/C24H23Cl2N3O3/c1-14-9-11-28(12-10-14)22(30)16-4-6-17(7-5-16)27-21-20(26)23(31)29(24(21)32)18-8-3-15(2)19(25)13-18/h3-8,13-14,27H,9-12H2,1-2H3. The molecular formula is C24H23Cl2N3O3. The van der Waals surface area contributed by atoms with Crippen molar-refractivity contribution in [2.45, 2.75) is 26.7 Å². The summed E-state index contributed by atoms with van der Waals surface area (Å²) >= 11 is 12.3. The minimum Gasteiger partial charge on any atom is -0.350 e. The van der Waals surface area contributed by atoms with E-state index in [1.165, 1.54) is 0 Å². The van der Waals surface area contributed by atoms with Crippen LogP contribution in [0.15, 0.2) is 53.2 Å². The summed E-state index contributed by atoms with van der Waals surface area (Å²) in [5.41, 5.74) is 2.29. The molecule has 32 heavy (non-hydrogen) atoms. The molecule has 1 N–H and O–H groups in total. The molecule has 0 atom stereocenters. The van der Waals surface area contributed by atoms with Crippen LogP contribution < -0.4 is 10.2 Å². The highest BCUT2D eigenvalue weighted by Gasteiger charge is 2.39. The van der Waals surface area contributed by atoms with E-state index in [0.29, 0.717) is 27.9 Å². The van der Waals surface area contributed by atoms with Crippen molar-refractivity contribution in [2.75, 3.05) is 23.3 Å². The molecular weight excluding hydrogens is 449 g/mol. The molecule has 3 amide bonds. The van der Waals surface area contributed by atoms with Crippen LogP contribution in [0, 0.1) is 12.8 Å². The zero-order valence-electron chi connectivity index (χ0n) is 17.8. The topological polar surface area (TPSA) is 69.7 Å². The average Bonchev–Trinajstić information content (AvgIpc) is 2.99. The van der Waals surface area contributed by atoms with Crippen LogP contribution in [0.1, 0.15) is 35.7 Å². The van der Waals surface area contributed by atoms with Gasteiger partial charge in [-0.2, -0.15) is 0 Å². The first-order valence-corrected chi connectivity index (χ1v) is 11.2. The number of aryl methyl sites for hydroxylation is 1. The summed E-state index contributed by atoms with van der Waals surface area (Å²) in [6.45, 7) is 5.56.